The zero-order chi connectivity index (χ0) is 19.4. The van der Waals surface area contributed by atoms with Crippen LogP contribution in [0.3, 0.4) is 0 Å². The van der Waals surface area contributed by atoms with Gasteiger partial charge in [-0.1, -0.05) is 0 Å². The smallest absolute Gasteiger partial charge is 0.410 e. The number of hydrogen-bond donors (Lipinski definition) is 1. The normalized spacial score (nSPS) is 16.8. The molecule has 1 aliphatic rings. The number of pyridine rings is 1. The first-order valence-electron chi connectivity index (χ1n) is 8.73. The Labute approximate surface area is 153 Å². The summed E-state index contributed by atoms with van der Waals surface area (Å²) in [6.45, 7) is 6.01. The lowest BCUT2D eigenvalue weighted by molar-refractivity contribution is -0.125. The van der Waals surface area contributed by atoms with Crippen molar-refractivity contribution in [2.45, 2.75) is 57.7 Å². The molecule has 1 N–H and O–H groups in total. The molecule has 2 rings (SSSR count). The van der Waals surface area contributed by atoms with Crippen molar-refractivity contribution in [3.8, 4) is 0 Å². The molecule has 142 valence electrons. The number of carbonyl (C=O) groups excluding carboxylic acids is 3. The molecule has 1 aromatic heterocycles. The second kappa shape index (κ2) is 7.95. The highest BCUT2D eigenvalue weighted by Gasteiger charge is 2.37. The summed E-state index contributed by atoms with van der Waals surface area (Å²) in [5.74, 6) is -0.620. The van der Waals surface area contributed by atoms with E-state index in [9.17, 15) is 19.5 Å². The Hall–Kier alpha value is -2.28. The van der Waals surface area contributed by atoms with Gasteiger partial charge in [0.05, 0.1) is 12.0 Å². The standard InChI is InChI=1S/C19H26N2O5/c1-18(2,3)26-17(24)21-9-6-19(25,7-10-21)12-15(22)11-16(23)14-5-4-8-20-13-14/h4-5,8,13,25H,6-7,9-12H2,1-3H3. The molecule has 1 amide bonds. The first kappa shape index (κ1) is 20.0. The van der Waals surface area contributed by atoms with Crippen molar-refractivity contribution in [3.05, 3.63) is 30.1 Å². The predicted octanol–water partition coefficient (Wildman–Crippen LogP) is 2.38. The maximum Gasteiger partial charge on any atom is 0.410 e. The number of aromatic nitrogens is 1. The van der Waals surface area contributed by atoms with Crippen LogP contribution in [0.4, 0.5) is 4.79 Å². The van der Waals surface area contributed by atoms with Crippen molar-refractivity contribution >= 4 is 17.7 Å². The number of aliphatic hydroxyl groups is 1. The van der Waals surface area contributed by atoms with E-state index in [1.54, 1.807) is 39.1 Å². The van der Waals surface area contributed by atoms with E-state index in [-0.39, 0.29) is 37.2 Å². The number of hydrogen-bond acceptors (Lipinski definition) is 6. The zero-order valence-corrected chi connectivity index (χ0v) is 15.5. The molecule has 0 saturated carbocycles. The van der Waals surface area contributed by atoms with E-state index in [0.29, 0.717) is 18.7 Å². The van der Waals surface area contributed by atoms with Crippen LogP contribution in [0.15, 0.2) is 24.5 Å². The maximum atomic E-state index is 12.2. The Balaban J connectivity index is 1.84. The second-order valence-corrected chi connectivity index (χ2v) is 7.75. The minimum absolute atomic E-state index is 0.0961. The number of ether oxygens (including phenoxy) is 1. The highest BCUT2D eigenvalue weighted by atomic mass is 16.6. The number of piperidine rings is 1. The highest BCUT2D eigenvalue weighted by molar-refractivity contribution is 6.07. The van der Waals surface area contributed by atoms with E-state index in [1.807, 2.05) is 0 Å². The number of ketones is 2. The van der Waals surface area contributed by atoms with Gasteiger partial charge in [0.25, 0.3) is 0 Å². The van der Waals surface area contributed by atoms with Crippen molar-refractivity contribution in [2.75, 3.05) is 13.1 Å². The lowest BCUT2D eigenvalue weighted by Crippen LogP contribution is -2.48. The van der Waals surface area contributed by atoms with Gasteiger partial charge >= 0.3 is 6.09 Å². The van der Waals surface area contributed by atoms with E-state index in [1.165, 1.54) is 11.1 Å². The SMILES string of the molecule is CC(C)(C)OC(=O)N1CCC(O)(CC(=O)CC(=O)c2cccnc2)CC1. The van der Waals surface area contributed by atoms with Crippen molar-refractivity contribution in [1.82, 2.24) is 9.88 Å². The monoisotopic (exact) mass is 362 g/mol. The molecule has 7 nitrogen and oxygen atoms in total. The van der Waals surface area contributed by atoms with Crippen LogP contribution in [0, 0.1) is 0 Å². The van der Waals surface area contributed by atoms with Crippen molar-refractivity contribution < 1.29 is 24.2 Å². The zero-order valence-electron chi connectivity index (χ0n) is 15.5. The van der Waals surface area contributed by atoms with Gasteiger partial charge in [0.15, 0.2) is 5.78 Å². The third kappa shape index (κ3) is 5.91. The fraction of sp³-hybridized carbons (Fsp3) is 0.579. The minimum Gasteiger partial charge on any atom is -0.444 e. The molecule has 26 heavy (non-hydrogen) atoms. The van der Waals surface area contributed by atoms with Gasteiger partial charge < -0.3 is 14.7 Å². The van der Waals surface area contributed by atoms with Gasteiger partial charge in [-0.15, -0.1) is 0 Å². The molecule has 0 aliphatic carbocycles. The summed E-state index contributed by atoms with van der Waals surface area (Å²) in [5.41, 5.74) is -1.38. The summed E-state index contributed by atoms with van der Waals surface area (Å²) in [4.78, 5) is 41.7. The summed E-state index contributed by atoms with van der Waals surface area (Å²) in [5, 5.41) is 10.6. The molecule has 2 heterocycles. The summed E-state index contributed by atoms with van der Waals surface area (Å²) in [7, 11) is 0. The van der Waals surface area contributed by atoms with Crippen LogP contribution in [0.2, 0.25) is 0 Å². The molecule has 0 radical (unpaired) electrons. The number of Topliss-reactive ketones (excluding diaryl/α,β-unsaturated/α-hetero) is 2. The quantitative estimate of drug-likeness (QED) is 0.638. The van der Waals surface area contributed by atoms with E-state index in [4.69, 9.17) is 4.74 Å². The van der Waals surface area contributed by atoms with Crippen LogP contribution in [-0.2, 0) is 9.53 Å². The Morgan fingerprint density at radius 2 is 1.92 bits per heavy atom. The third-order valence-electron chi connectivity index (χ3n) is 4.21. The molecule has 1 saturated heterocycles. The first-order chi connectivity index (χ1) is 12.1. The highest BCUT2D eigenvalue weighted by Crippen LogP contribution is 2.27. The Bertz CT molecular complexity index is 658. The van der Waals surface area contributed by atoms with E-state index in [0.717, 1.165) is 0 Å². The first-order valence-corrected chi connectivity index (χ1v) is 8.73. The lowest BCUT2D eigenvalue weighted by atomic mass is 9.85. The van der Waals surface area contributed by atoms with E-state index >= 15 is 0 Å². The van der Waals surface area contributed by atoms with Gasteiger partial charge in [-0.3, -0.25) is 14.6 Å². The molecule has 1 fully saturated rings. The summed E-state index contributed by atoms with van der Waals surface area (Å²) < 4.78 is 5.32. The van der Waals surface area contributed by atoms with Crippen LogP contribution >= 0.6 is 0 Å². The molecule has 0 bridgehead atoms. The fourth-order valence-corrected chi connectivity index (χ4v) is 2.85. The van der Waals surface area contributed by atoms with Crippen LogP contribution in [0.5, 0.6) is 0 Å². The molecule has 0 spiro atoms. The van der Waals surface area contributed by atoms with Crippen LogP contribution in [0.1, 0.15) is 56.8 Å². The van der Waals surface area contributed by atoms with Gasteiger partial charge in [0.2, 0.25) is 0 Å². The van der Waals surface area contributed by atoms with Gasteiger partial charge in [-0.25, -0.2) is 4.79 Å². The van der Waals surface area contributed by atoms with Gasteiger partial charge in [0.1, 0.15) is 11.4 Å². The van der Waals surface area contributed by atoms with Crippen molar-refractivity contribution in [2.24, 2.45) is 0 Å². The lowest BCUT2D eigenvalue weighted by Gasteiger charge is -2.38. The van der Waals surface area contributed by atoms with Gasteiger partial charge in [0, 0.05) is 37.5 Å². The molecule has 0 unspecified atom stereocenters. The average molecular weight is 362 g/mol. The largest absolute Gasteiger partial charge is 0.444 e. The summed E-state index contributed by atoms with van der Waals surface area (Å²) >= 11 is 0. The van der Waals surface area contributed by atoms with Crippen molar-refractivity contribution in [1.29, 1.82) is 0 Å². The number of carbonyl (C=O) groups is 3. The minimum atomic E-state index is -1.19. The van der Waals surface area contributed by atoms with E-state index in [2.05, 4.69) is 4.98 Å². The molecule has 0 aromatic carbocycles. The Morgan fingerprint density at radius 1 is 1.27 bits per heavy atom. The number of rotatable bonds is 5. The maximum absolute atomic E-state index is 12.2. The second-order valence-electron chi connectivity index (χ2n) is 7.75. The number of likely N-dealkylation sites (tertiary alicyclic amines) is 1. The topological polar surface area (TPSA) is 96.8 Å². The molecular formula is C19H26N2O5. The molecule has 7 heteroatoms. The van der Waals surface area contributed by atoms with Crippen molar-refractivity contribution in [3.63, 3.8) is 0 Å². The van der Waals surface area contributed by atoms with Gasteiger partial charge in [-0.2, -0.15) is 0 Å². The molecular weight excluding hydrogens is 336 g/mol. The van der Waals surface area contributed by atoms with E-state index < -0.39 is 17.3 Å². The summed E-state index contributed by atoms with van der Waals surface area (Å²) in [6.07, 6.45) is 2.75. The molecule has 1 aromatic rings. The third-order valence-corrected chi connectivity index (χ3v) is 4.21. The predicted molar refractivity (Wildman–Crippen MR) is 94.8 cm³/mol. The van der Waals surface area contributed by atoms with Crippen LogP contribution < -0.4 is 0 Å². The Kier molecular flexibility index (Phi) is 6.13. The molecule has 1 aliphatic heterocycles. The van der Waals surface area contributed by atoms with Crippen LogP contribution in [0.25, 0.3) is 0 Å². The van der Waals surface area contributed by atoms with Gasteiger partial charge in [-0.05, 0) is 45.7 Å². The molecule has 0 atom stereocenters. The number of nitrogens with zero attached hydrogens (tertiary/aromatic N) is 2. The Morgan fingerprint density at radius 3 is 2.46 bits per heavy atom. The van der Waals surface area contributed by atoms with Crippen LogP contribution in [-0.4, -0.2) is 56.9 Å². The number of amides is 1. The average Bonchev–Trinajstić information content (AvgIpc) is 2.54. The fourth-order valence-electron chi connectivity index (χ4n) is 2.85. The summed E-state index contributed by atoms with van der Waals surface area (Å²) in [6, 6.07) is 3.24.